The Kier molecular flexibility index (Phi) is 4.65. The Bertz CT molecular complexity index is 1810. The van der Waals surface area contributed by atoms with E-state index in [2.05, 4.69) is 101 Å². The second kappa shape index (κ2) is 7.68. The van der Waals surface area contributed by atoms with Crippen LogP contribution in [-0.4, -0.2) is 4.98 Å². The minimum absolute atomic E-state index is 0.122. The van der Waals surface area contributed by atoms with Crippen molar-refractivity contribution < 1.29 is 4.57 Å². The average molecular weight is 512 g/mol. The number of aryl methyl sites for hydroxylation is 1. The van der Waals surface area contributed by atoms with Crippen LogP contribution in [0.1, 0.15) is 89.1 Å². The number of fused-ring (bicyclic) bond motifs is 4. The molecule has 0 N–H and O–H groups in total. The molecule has 196 valence electrons. The highest BCUT2D eigenvalue weighted by Crippen LogP contribution is 2.60. The van der Waals surface area contributed by atoms with E-state index in [1.54, 1.807) is 5.57 Å². The molecule has 2 aromatic carbocycles. The zero-order valence-corrected chi connectivity index (χ0v) is 24.3. The van der Waals surface area contributed by atoms with Gasteiger partial charge in [-0.15, -0.1) is 0 Å². The van der Waals surface area contributed by atoms with Crippen molar-refractivity contribution in [2.24, 2.45) is 11.8 Å². The van der Waals surface area contributed by atoms with Crippen molar-refractivity contribution in [3.8, 4) is 11.3 Å². The van der Waals surface area contributed by atoms with Gasteiger partial charge in [0.1, 0.15) is 5.69 Å². The zero-order chi connectivity index (χ0) is 26.8. The van der Waals surface area contributed by atoms with Crippen molar-refractivity contribution >= 4 is 21.7 Å². The van der Waals surface area contributed by atoms with E-state index in [4.69, 9.17) is 4.98 Å². The topological polar surface area (TPSA) is 16.8 Å². The number of nitrogens with zero attached hydrogens (tertiary/aromatic N) is 2. The molecule has 2 unspecified atom stereocenters. The minimum Gasteiger partial charge on any atom is -0.244 e. The summed E-state index contributed by atoms with van der Waals surface area (Å²) in [5, 5.41) is 4.11. The first-order valence-electron chi connectivity index (χ1n) is 15.1. The first-order chi connectivity index (χ1) is 18.7. The van der Waals surface area contributed by atoms with Crippen LogP contribution < -0.4 is 4.57 Å². The second-order valence-electron chi connectivity index (χ2n) is 13.5. The highest BCUT2D eigenvalue weighted by atomic mass is 15.1. The number of hydrogen-bond donors (Lipinski definition) is 0. The summed E-state index contributed by atoms with van der Waals surface area (Å²) in [7, 11) is 0. The van der Waals surface area contributed by atoms with Crippen LogP contribution in [0.25, 0.3) is 32.9 Å². The van der Waals surface area contributed by atoms with Gasteiger partial charge < -0.3 is 0 Å². The van der Waals surface area contributed by atoms with E-state index in [1.807, 2.05) is 0 Å². The van der Waals surface area contributed by atoms with Crippen LogP contribution in [0.4, 0.5) is 0 Å². The van der Waals surface area contributed by atoms with Gasteiger partial charge in [0.15, 0.2) is 6.20 Å². The Balaban J connectivity index is 1.61. The van der Waals surface area contributed by atoms with Crippen LogP contribution >= 0.6 is 0 Å². The van der Waals surface area contributed by atoms with E-state index in [9.17, 15) is 0 Å². The van der Waals surface area contributed by atoms with E-state index in [0.29, 0.717) is 11.8 Å². The van der Waals surface area contributed by atoms with Gasteiger partial charge in [-0.05, 0) is 86.3 Å². The predicted molar refractivity (Wildman–Crippen MR) is 161 cm³/mol. The molecule has 1 fully saturated rings. The number of aromatic nitrogens is 2. The number of rotatable bonds is 1. The molecule has 4 aliphatic rings. The summed E-state index contributed by atoms with van der Waals surface area (Å²) in [6.07, 6.45) is 11.8. The lowest BCUT2D eigenvalue weighted by Crippen LogP contribution is -2.61. The van der Waals surface area contributed by atoms with Gasteiger partial charge in [0, 0.05) is 16.9 Å². The SMILES string of the molecule is CC1=CC2(c3nc4ccccc4c4c3-c3c5c(cc(C)cc5cc[n+]32)C4(C)C)C(C2CCCCC2)C(C)=C1C. The van der Waals surface area contributed by atoms with Gasteiger partial charge in [-0.25, -0.2) is 4.98 Å². The summed E-state index contributed by atoms with van der Waals surface area (Å²) in [6.45, 7) is 14.3. The number of para-hydroxylation sites is 1. The van der Waals surface area contributed by atoms with Crippen molar-refractivity contribution in [2.75, 3.05) is 0 Å². The maximum absolute atomic E-state index is 5.68. The smallest absolute Gasteiger partial charge is 0.236 e. The largest absolute Gasteiger partial charge is 0.244 e. The second-order valence-corrected chi connectivity index (χ2v) is 13.5. The molecular weight excluding hydrogens is 472 g/mol. The maximum Gasteiger partial charge on any atom is 0.236 e. The molecule has 0 bridgehead atoms. The fourth-order valence-electron chi connectivity index (χ4n) is 9.25. The molecule has 4 aromatic rings. The molecule has 0 amide bonds. The number of benzene rings is 2. The highest BCUT2D eigenvalue weighted by molar-refractivity contribution is 6.05. The fourth-order valence-corrected chi connectivity index (χ4v) is 9.25. The third-order valence-electron chi connectivity index (χ3n) is 11.1. The van der Waals surface area contributed by atoms with Crippen molar-refractivity contribution in [2.45, 2.75) is 84.6 Å². The monoisotopic (exact) mass is 511 g/mol. The van der Waals surface area contributed by atoms with Gasteiger partial charge in [0.25, 0.3) is 0 Å². The minimum atomic E-state index is -0.296. The van der Waals surface area contributed by atoms with Crippen molar-refractivity contribution in [1.82, 2.24) is 4.98 Å². The quantitative estimate of drug-likeness (QED) is 0.233. The Morgan fingerprint density at radius 1 is 0.923 bits per heavy atom. The Hall–Kier alpha value is -3.26. The molecule has 8 rings (SSSR count). The average Bonchev–Trinajstić information content (AvgIpc) is 3.19. The maximum atomic E-state index is 5.68. The summed E-state index contributed by atoms with van der Waals surface area (Å²) in [6, 6.07) is 16.2. The Labute approximate surface area is 232 Å². The summed E-state index contributed by atoms with van der Waals surface area (Å²) >= 11 is 0. The summed E-state index contributed by atoms with van der Waals surface area (Å²) in [5.74, 6) is 1.09. The predicted octanol–water partition coefficient (Wildman–Crippen LogP) is 8.84. The van der Waals surface area contributed by atoms with E-state index < -0.39 is 0 Å². The van der Waals surface area contributed by atoms with Gasteiger partial charge in [-0.3, -0.25) is 0 Å². The normalized spacial score (nSPS) is 25.2. The van der Waals surface area contributed by atoms with Crippen LogP contribution in [0, 0.1) is 18.8 Å². The van der Waals surface area contributed by atoms with E-state index in [-0.39, 0.29) is 11.0 Å². The summed E-state index contributed by atoms with van der Waals surface area (Å²) in [5.41, 5.74) is 13.6. The van der Waals surface area contributed by atoms with Crippen LogP contribution in [0.3, 0.4) is 0 Å². The van der Waals surface area contributed by atoms with Gasteiger partial charge in [-0.1, -0.05) is 74.6 Å². The number of allylic oxidation sites excluding steroid dienone is 4. The summed E-state index contributed by atoms with van der Waals surface area (Å²) < 4.78 is 2.70. The molecule has 1 saturated carbocycles. The molecular formula is C37H39N2+. The summed E-state index contributed by atoms with van der Waals surface area (Å²) in [4.78, 5) is 5.68. The van der Waals surface area contributed by atoms with Crippen molar-refractivity contribution in [1.29, 1.82) is 0 Å². The number of pyridine rings is 2. The Morgan fingerprint density at radius 2 is 1.69 bits per heavy atom. The van der Waals surface area contributed by atoms with Crippen LogP contribution in [0.15, 0.2) is 71.5 Å². The van der Waals surface area contributed by atoms with Gasteiger partial charge in [0.2, 0.25) is 11.2 Å². The van der Waals surface area contributed by atoms with Crippen LogP contribution in [-0.2, 0) is 11.0 Å². The van der Waals surface area contributed by atoms with E-state index in [0.717, 1.165) is 5.52 Å². The lowest BCUT2D eigenvalue weighted by molar-refractivity contribution is -0.734. The van der Waals surface area contributed by atoms with Crippen molar-refractivity contribution in [3.63, 3.8) is 0 Å². The molecule has 1 aliphatic heterocycles. The molecule has 2 atom stereocenters. The molecule has 2 heteroatoms. The Morgan fingerprint density at radius 3 is 2.49 bits per heavy atom. The number of hydrogen-bond acceptors (Lipinski definition) is 1. The first-order valence-corrected chi connectivity index (χ1v) is 15.1. The molecule has 39 heavy (non-hydrogen) atoms. The van der Waals surface area contributed by atoms with Crippen LogP contribution in [0.2, 0.25) is 0 Å². The molecule has 1 spiro atoms. The standard InChI is InChI=1S/C37H39N2/c1-21-18-26-16-17-39-34-30(26)28(19-21)36(5,6)33-27-14-10-11-15-29(27)38-35(31(33)34)37(39)20-22(2)23(3)24(4)32(37)25-12-8-7-9-13-25/h10-11,14-20,25,32H,7-9,12-13H2,1-6H3/q+1. The lowest BCUT2D eigenvalue weighted by atomic mass is 9.61. The molecule has 2 aromatic heterocycles. The molecule has 3 heterocycles. The van der Waals surface area contributed by atoms with Gasteiger partial charge in [-0.2, -0.15) is 4.57 Å². The van der Waals surface area contributed by atoms with Gasteiger partial charge in [0.05, 0.1) is 22.4 Å². The highest BCUT2D eigenvalue weighted by Gasteiger charge is 2.63. The third-order valence-corrected chi connectivity index (χ3v) is 11.1. The first kappa shape index (κ1) is 23.6. The van der Waals surface area contributed by atoms with E-state index >= 15 is 0 Å². The third kappa shape index (κ3) is 2.78. The molecule has 0 radical (unpaired) electrons. The van der Waals surface area contributed by atoms with Crippen molar-refractivity contribution in [3.05, 3.63) is 93.8 Å². The molecule has 2 nitrogen and oxygen atoms in total. The lowest BCUT2D eigenvalue weighted by Gasteiger charge is -2.42. The fraction of sp³-hybridized carbons (Fsp3) is 0.405. The van der Waals surface area contributed by atoms with Gasteiger partial charge >= 0.3 is 0 Å². The van der Waals surface area contributed by atoms with E-state index in [1.165, 1.54) is 93.1 Å². The van der Waals surface area contributed by atoms with Crippen LogP contribution in [0.5, 0.6) is 0 Å². The molecule has 0 saturated heterocycles. The molecule has 3 aliphatic carbocycles. The zero-order valence-electron chi connectivity index (χ0n) is 24.3.